The normalized spacial score (nSPS) is 10.4. The molecule has 0 atom stereocenters. The molecule has 0 aliphatic carbocycles. The second-order valence-corrected chi connectivity index (χ2v) is 6.63. The zero-order chi connectivity index (χ0) is 18.7. The standard InChI is InChI=1S/C17H15ClN4O3S/c1-22-15(20-17(24)14-4-3-7-26-14)9-12(21-22)16(23)19-10-5-6-13(25-2)11(18)8-10/h3-9H,1-2H3,(H,19,23)(H,20,24). The lowest BCUT2D eigenvalue weighted by Crippen LogP contribution is -2.13. The predicted octanol–water partition coefficient (Wildman–Crippen LogP) is 3.65. The molecule has 0 saturated carbocycles. The molecule has 7 nitrogen and oxygen atoms in total. The highest BCUT2D eigenvalue weighted by atomic mass is 35.5. The summed E-state index contributed by atoms with van der Waals surface area (Å²) in [6, 6.07) is 9.93. The zero-order valence-corrected chi connectivity index (χ0v) is 15.5. The fraction of sp³-hybridized carbons (Fsp3) is 0.118. The number of anilines is 2. The highest BCUT2D eigenvalue weighted by Crippen LogP contribution is 2.27. The molecular formula is C17H15ClN4O3S. The molecule has 9 heteroatoms. The second kappa shape index (κ2) is 7.59. The number of nitrogens with zero attached hydrogens (tertiary/aromatic N) is 2. The van der Waals surface area contributed by atoms with E-state index in [2.05, 4.69) is 15.7 Å². The molecule has 0 bridgehead atoms. The third-order valence-electron chi connectivity index (χ3n) is 3.51. The average molecular weight is 391 g/mol. The van der Waals surface area contributed by atoms with Gasteiger partial charge in [-0.05, 0) is 29.6 Å². The van der Waals surface area contributed by atoms with E-state index in [1.165, 1.54) is 29.2 Å². The van der Waals surface area contributed by atoms with Crippen molar-refractivity contribution >= 4 is 46.3 Å². The molecule has 26 heavy (non-hydrogen) atoms. The van der Waals surface area contributed by atoms with E-state index in [0.717, 1.165) is 0 Å². The van der Waals surface area contributed by atoms with Crippen LogP contribution in [0.15, 0.2) is 41.8 Å². The molecule has 0 spiro atoms. The van der Waals surface area contributed by atoms with Crippen LogP contribution in [0.5, 0.6) is 5.75 Å². The van der Waals surface area contributed by atoms with Gasteiger partial charge in [0.2, 0.25) is 0 Å². The molecule has 0 saturated heterocycles. The number of benzene rings is 1. The summed E-state index contributed by atoms with van der Waals surface area (Å²) in [6.45, 7) is 0. The summed E-state index contributed by atoms with van der Waals surface area (Å²) in [5.74, 6) is 0.262. The van der Waals surface area contributed by atoms with Crippen molar-refractivity contribution in [2.24, 2.45) is 7.05 Å². The monoisotopic (exact) mass is 390 g/mol. The Kier molecular flexibility index (Phi) is 5.24. The predicted molar refractivity (Wildman–Crippen MR) is 101 cm³/mol. The molecule has 2 aromatic heterocycles. The van der Waals surface area contributed by atoms with Gasteiger partial charge >= 0.3 is 0 Å². The van der Waals surface area contributed by atoms with Gasteiger partial charge in [-0.1, -0.05) is 17.7 Å². The summed E-state index contributed by atoms with van der Waals surface area (Å²) in [6.07, 6.45) is 0. The fourth-order valence-electron chi connectivity index (χ4n) is 2.22. The Morgan fingerprint density at radius 1 is 1.19 bits per heavy atom. The quantitative estimate of drug-likeness (QED) is 0.696. The summed E-state index contributed by atoms with van der Waals surface area (Å²) in [4.78, 5) is 25.1. The fourth-order valence-corrected chi connectivity index (χ4v) is 3.10. The second-order valence-electron chi connectivity index (χ2n) is 5.27. The van der Waals surface area contributed by atoms with E-state index in [0.29, 0.717) is 27.2 Å². The number of carbonyl (C=O) groups is 2. The number of aromatic nitrogens is 2. The van der Waals surface area contributed by atoms with Crippen LogP contribution in [0.3, 0.4) is 0 Å². The van der Waals surface area contributed by atoms with Gasteiger partial charge in [0.25, 0.3) is 11.8 Å². The Hall–Kier alpha value is -2.84. The van der Waals surface area contributed by atoms with Gasteiger partial charge in [-0.2, -0.15) is 5.10 Å². The molecular weight excluding hydrogens is 376 g/mol. The number of rotatable bonds is 5. The molecule has 0 unspecified atom stereocenters. The van der Waals surface area contributed by atoms with Gasteiger partial charge in [0.05, 0.1) is 17.0 Å². The first-order valence-electron chi connectivity index (χ1n) is 7.51. The smallest absolute Gasteiger partial charge is 0.276 e. The highest BCUT2D eigenvalue weighted by Gasteiger charge is 2.16. The summed E-state index contributed by atoms with van der Waals surface area (Å²) in [7, 11) is 3.16. The van der Waals surface area contributed by atoms with E-state index in [1.807, 2.05) is 5.38 Å². The van der Waals surface area contributed by atoms with Crippen LogP contribution in [0.25, 0.3) is 0 Å². The van der Waals surface area contributed by atoms with Crippen LogP contribution in [0.4, 0.5) is 11.5 Å². The van der Waals surface area contributed by atoms with Crippen LogP contribution >= 0.6 is 22.9 Å². The number of carbonyl (C=O) groups excluding carboxylic acids is 2. The van der Waals surface area contributed by atoms with Crippen LogP contribution in [0, 0.1) is 0 Å². The van der Waals surface area contributed by atoms with E-state index in [-0.39, 0.29) is 11.6 Å². The molecule has 2 N–H and O–H groups in total. The number of hydrogen-bond acceptors (Lipinski definition) is 5. The molecule has 0 aliphatic heterocycles. The van der Waals surface area contributed by atoms with Crippen LogP contribution < -0.4 is 15.4 Å². The zero-order valence-electron chi connectivity index (χ0n) is 13.9. The Labute approximate surface area is 158 Å². The van der Waals surface area contributed by atoms with E-state index in [1.54, 1.807) is 37.4 Å². The average Bonchev–Trinajstić information content (AvgIpc) is 3.26. The first kappa shape index (κ1) is 18.0. The Morgan fingerprint density at radius 2 is 2.00 bits per heavy atom. The van der Waals surface area contributed by atoms with E-state index in [4.69, 9.17) is 16.3 Å². The van der Waals surface area contributed by atoms with Gasteiger partial charge in [0.15, 0.2) is 5.69 Å². The molecule has 1 aromatic carbocycles. The Morgan fingerprint density at radius 3 is 2.65 bits per heavy atom. The van der Waals surface area contributed by atoms with Crippen molar-refractivity contribution in [3.63, 3.8) is 0 Å². The molecule has 3 rings (SSSR count). The molecule has 3 aromatic rings. The maximum Gasteiger partial charge on any atom is 0.276 e. The van der Waals surface area contributed by atoms with E-state index in [9.17, 15) is 9.59 Å². The topological polar surface area (TPSA) is 85.3 Å². The van der Waals surface area contributed by atoms with Crippen molar-refractivity contribution in [1.29, 1.82) is 0 Å². The maximum atomic E-state index is 12.4. The molecule has 134 valence electrons. The number of halogens is 1. The van der Waals surface area contributed by atoms with Crippen molar-refractivity contribution in [2.45, 2.75) is 0 Å². The minimum absolute atomic E-state index is 0.168. The minimum Gasteiger partial charge on any atom is -0.495 e. The van der Waals surface area contributed by atoms with Gasteiger partial charge in [-0.15, -0.1) is 11.3 Å². The van der Waals surface area contributed by atoms with Crippen molar-refractivity contribution < 1.29 is 14.3 Å². The van der Waals surface area contributed by atoms with Crippen molar-refractivity contribution in [2.75, 3.05) is 17.7 Å². The van der Waals surface area contributed by atoms with Crippen LogP contribution in [-0.4, -0.2) is 28.7 Å². The lowest BCUT2D eigenvalue weighted by molar-refractivity contribution is 0.101. The van der Waals surface area contributed by atoms with Crippen LogP contribution in [0.2, 0.25) is 5.02 Å². The third kappa shape index (κ3) is 3.87. The van der Waals surface area contributed by atoms with Crippen molar-refractivity contribution in [1.82, 2.24) is 9.78 Å². The van der Waals surface area contributed by atoms with Crippen LogP contribution in [-0.2, 0) is 7.05 Å². The molecule has 0 radical (unpaired) electrons. The number of nitrogens with one attached hydrogen (secondary N) is 2. The highest BCUT2D eigenvalue weighted by molar-refractivity contribution is 7.12. The lowest BCUT2D eigenvalue weighted by Gasteiger charge is -2.06. The molecule has 2 heterocycles. The Bertz CT molecular complexity index is 953. The SMILES string of the molecule is COc1ccc(NC(=O)c2cc(NC(=O)c3cccs3)n(C)n2)cc1Cl. The summed E-state index contributed by atoms with van der Waals surface area (Å²) in [5, 5.41) is 11.8. The summed E-state index contributed by atoms with van der Waals surface area (Å²) >= 11 is 7.38. The number of methoxy groups -OCH3 is 1. The lowest BCUT2D eigenvalue weighted by atomic mass is 10.3. The minimum atomic E-state index is -0.418. The first-order valence-corrected chi connectivity index (χ1v) is 8.77. The maximum absolute atomic E-state index is 12.4. The van der Waals surface area contributed by atoms with Gasteiger partial charge < -0.3 is 15.4 Å². The third-order valence-corrected chi connectivity index (χ3v) is 4.67. The van der Waals surface area contributed by atoms with Gasteiger partial charge in [0, 0.05) is 18.8 Å². The van der Waals surface area contributed by atoms with Crippen LogP contribution in [0.1, 0.15) is 20.2 Å². The van der Waals surface area contributed by atoms with Crippen molar-refractivity contribution in [3.05, 3.63) is 57.4 Å². The summed E-state index contributed by atoms with van der Waals surface area (Å²) < 4.78 is 6.51. The van der Waals surface area contributed by atoms with Gasteiger partial charge in [-0.25, -0.2) is 0 Å². The number of ether oxygens (including phenoxy) is 1. The summed E-state index contributed by atoms with van der Waals surface area (Å²) in [5.41, 5.74) is 0.677. The molecule has 0 aliphatic rings. The number of hydrogen-bond donors (Lipinski definition) is 2. The van der Waals surface area contributed by atoms with E-state index < -0.39 is 5.91 Å². The largest absolute Gasteiger partial charge is 0.495 e. The molecule has 0 fully saturated rings. The van der Waals surface area contributed by atoms with E-state index >= 15 is 0 Å². The van der Waals surface area contributed by atoms with Gasteiger partial charge in [-0.3, -0.25) is 14.3 Å². The number of aryl methyl sites for hydroxylation is 1. The Balaban J connectivity index is 1.72. The number of thiophene rings is 1. The first-order chi connectivity index (χ1) is 12.5. The van der Waals surface area contributed by atoms with Gasteiger partial charge in [0.1, 0.15) is 11.6 Å². The van der Waals surface area contributed by atoms with Crippen molar-refractivity contribution in [3.8, 4) is 5.75 Å². The molecule has 2 amide bonds. The number of amides is 2.